The summed E-state index contributed by atoms with van der Waals surface area (Å²) in [5.41, 5.74) is -0.0351. The van der Waals surface area contributed by atoms with Crippen molar-refractivity contribution < 1.29 is 13.9 Å². The molecule has 0 bridgehead atoms. The highest BCUT2D eigenvalue weighted by Gasteiger charge is 2.29. The van der Waals surface area contributed by atoms with Gasteiger partial charge >= 0.3 is 0 Å². The zero-order chi connectivity index (χ0) is 15.0. The Balaban J connectivity index is 1.68. The first-order valence-corrected chi connectivity index (χ1v) is 7.70. The molecule has 0 unspecified atom stereocenters. The molecule has 1 aromatic heterocycles. The van der Waals surface area contributed by atoms with E-state index in [1.165, 1.54) is 11.8 Å². The van der Waals surface area contributed by atoms with Gasteiger partial charge in [0.15, 0.2) is 5.16 Å². The second-order valence-corrected chi connectivity index (χ2v) is 6.15. The van der Waals surface area contributed by atoms with E-state index >= 15 is 0 Å². The summed E-state index contributed by atoms with van der Waals surface area (Å²) in [6.07, 6.45) is 1.17. The molecule has 0 spiro atoms. The van der Waals surface area contributed by atoms with Gasteiger partial charge in [0, 0.05) is 24.3 Å². The fraction of sp³-hybridized carbons (Fsp3) is 0.429. The molecule has 1 heterocycles. The maximum absolute atomic E-state index is 13.6. The molecule has 0 amide bonds. The zero-order valence-electron chi connectivity index (χ0n) is 11.5. The number of hydrogen-bond donors (Lipinski definition) is 1. The van der Waals surface area contributed by atoms with Gasteiger partial charge in [-0.3, -0.25) is 0 Å². The maximum Gasteiger partial charge on any atom is 0.191 e. The predicted octanol–water partition coefficient (Wildman–Crippen LogP) is 2.80. The summed E-state index contributed by atoms with van der Waals surface area (Å²) < 4.78 is 28.6. The second-order valence-electron chi connectivity index (χ2n) is 5.17. The number of aliphatic hydroxyl groups is 1. The van der Waals surface area contributed by atoms with E-state index in [9.17, 15) is 13.9 Å². The minimum atomic E-state index is -1.09. The van der Waals surface area contributed by atoms with Gasteiger partial charge in [-0.1, -0.05) is 11.8 Å². The van der Waals surface area contributed by atoms with Crippen molar-refractivity contribution in [1.29, 1.82) is 0 Å². The number of halogens is 2. The SMILES string of the molecule is Cn1c(SC[C@H](O)c2cc(F)ccc2F)nnc1C1CC1. The first kappa shape index (κ1) is 14.5. The van der Waals surface area contributed by atoms with Gasteiger partial charge in [0.25, 0.3) is 0 Å². The first-order valence-electron chi connectivity index (χ1n) is 6.71. The predicted molar refractivity (Wildman–Crippen MR) is 75.0 cm³/mol. The van der Waals surface area contributed by atoms with Crippen molar-refractivity contribution in [2.75, 3.05) is 5.75 Å². The van der Waals surface area contributed by atoms with E-state index < -0.39 is 17.7 Å². The molecule has 2 aromatic rings. The monoisotopic (exact) mass is 311 g/mol. The topological polar surface area (TPSA) is 50.9 Å². The summed E-state index contributed by atoms with van der Waals surface area (Å²) in [6.45, 7) is 0. The van der Waals surface area contributed by atoms with Gasteiger partial charge in [-0.25, -0.2) is 8.78 Å². The molecule has 3 rings (SSSR count). The number of nitrogens with zero attached hydrogens (tertiary/aromatic N) is 3. The maximum atomic E-state index is 13.6. The van der Waals surface area contributed by atoms with Crippen LogP contribution in [0.2, 0.25) is 0 Å². The lowest BCUT2D eigenvalue weighted by Gasteiger charge is -2.11. The van der Waals surface area contributed by atoms with Crippen LogP contribution >= 0.6 is 11.8 Å². The van der Waals surface area contributed by atoms with Crippen LogP contribution < -0.4 is 0 Å². The summed E-state index contributed by atoms with van der Waals surface area (Å²) in [5, 5.41) is 18.9. The van der Waals surface area contributed by atoms with Gasteiger partial charge in [0.1, 0.15) is 17.5 Å². The molecular formula is C14H15F2N3OS. The minimum Gasteiger partial charge on any atom is -0.387 e. The Morgan fingerprint density at radius 3 is 2.86 bits per heavy atom. The molecule has 1 fully saturated rings. The number of thioether (sulfide) groups is 1. The number of aromatic nitrogens is 3. The highest BCUT2D eigenvalue weighted by atomic mass is 32.2. The smallest absolute Gasteiger partial charge is 0.191 e. The number of rotatable bonds is 5. The summed E-state index contributed by atoms with van der Waals surface area (Å²) in [6, 6.07) is 3.07. The van der Waals surface area contributed by atoms with Crippen LogP contribution in [0.5, 0.6) is 0 Å². The molecule has 1 aliphatic carbocycles. The molecule has 0 saturated heterocycles. The van der Waals surface area contributed by atoms with Crippen LogP contribution in [0.4, 0.5) is 8.78 Å². The Bertz CT molecular complexity index is 658. The Labute approximate surface area is 125 Å². The minimum absolute atomic E-state index is 0.0351. The molecule has 0 aliphatic heterocycles. The summed E-state index contributed by atoms with van der Waals surface area (Å²) in [4.78, 5) is 0. The molecule has 0 radical (unpaired) electrons. The van der Waals surface area contributed by atoms with E-state index in [0.717, 1.165) is 36.9 Å². The van der Waals surface area contributed by atoms with Crippen molar-refractivity contribution in [1.82, 2.24) is 14.8 Å². The van der Waals surface area contributed by atoms with Gasteiger partial charge in [0.2, 0.25) is 0 Å². The van der Waals surface area contributed by atoms with Crippen LogP contribution in [0.1, 0.15) is 36.3 Å². The highest BCUT2D eigenvalue weighted by molar-refractivity contribution is 7.99. The molecule has 1 atom stereocenters. The quantitative estimate of drug-likeness (QED) is 0.863. The van der Waals surface area contributed by atoms with Crippen LogP contribution in [0, 0.1) is 11.6 Å². The van der Waals surface area contributed by atoms with Gasteiger partial charge in [-0.05, 0) is 31.0 Å². The largest absolute Gasteiger partial charge is 0.387 e. The zero-order valence-corrected chi connectivity index (χ0v) is 12.3. The van der Waals surface area contributed by atoms with Crippen molar-refractivity contribution in [3.05, 3.63) is 41.2 Å². The second kappa shape index (κ2) is 5.73. The van der Waals surface area contributed by atoms with Gasteiger partial charge in [0.05, 0.1) is 6.10 Å². The van der Waals surface area contributed by atoms with E-state index in [2.05, 4.69) is 10.2 Å². The molecule has 1 aliphatic rings. The Kier molecular flexibility index (Phi) is 3.95. The third-order valence-electron chi connectivity index (χ3n) is 3.50. The highest BCUT2D eigenvalue weighted by Crippen LogP contribution is 2.39. The molecule has 4 nitrogen and oxygen atoms in total. The average Bonchev–Trinajstić information content (AvgIpc) is 3.23. The summed E-state index contributed by atoms with van der Waals surface area (Å²) in [5.74, 6) is 0.453. The normalized spacial score (nSPS) is 16.2. The molecule has 1 N–H and O–H groups in total. The lowest BCUT2D eigenvalue weighted by molar-refractivity contribution is 0.198. The molecular weight excluding hydrogens is 296 g/mol. The van der Waals surface area contributed by atoms with Crippen LogP contribution in [0.15, 0.2) is 23.4 Å². The van der Waals surface area contributed by atoms with Crippen LogP contribution in [-0.2, 0) is 7.05 Å². The first-order chi connectivity index (χ1) is 10.1. The van der Waals surface area contributed by atoms with E-state index in [1.54, 1.807) is 0 Å². The molecule has 1 saturated carbocycles. The third-order valence-corrected chi connectivity index (χ3v) is 4.59. The Morgan fingerprint density at radius 2 is 2.14 bits per heavy atom. The lowest BCUT2D eigenvalue weighted by atomic mass is 10.1. The van der Waals surface area contributed by atoms with Crippen molar-refractivity contribution in [3.8, 4) is 0 Å². The third kappa shape index (κ3) is 3.08. The van der Waals surface area contributed by atoms with Crippen LogP contribution in [0.25, 0.3) is 0 Å². The molecule has 7 heteroatoms. The van der Waals surface area contributed by atoms with E-state index in [1.807, 2.05) is 11.6 Å². The fourth-order valence-electron chi connectivity index (χ4n) is 2.16. The van der Waals surface area contributed by atoms with Crippen molar-refractivity contribution >= 4 is 11.8 Å². The molecule has 21 heavy (non-hydrogen) atoms. The van der Waals surface area contributed by atoms with E-state index in [0.29, 0.717) is 11.1 Å². The standard InChI is InChI=1S/C14H15F2N3OS/c1-19-13(8-2-3-8)17-18-14(19)21-7-12(20)10-6-9(15)4-5-11(10)16/h4-6,8,12,20H,2-3,7H2,1H3/t12-/m0/s1. The van der Waals surface area contributed by atoms with E-state index in [-0.39, 0.29) is 11.3 Å². The Hall–Kier alpha value is -1.47. The molecule has 1 aromatic carbocycles. The number of benzene rings is 1. The molecule has 112 valence electrons. The summed E-state index contributed by atoms with van der Waals surface area (Å²) in [7, 11) is 1.88. The van der Waals surface area contributed by atoms with Crippen LogP contribution in [0.3, 0.4) is 0 Å². The Morgan fingerprint density at radius 1 is 1.38 bits per heavy atom. The number of aliphatic hydroxyl groups excluding tert-OH is 1. The van der Waals surface area contributed by atoms with Crippen LogP contribution in [-0.4, -0.2) is 25.6 Å². The van der Waals surface area contributed by atoms with Gasteiger partial charge in [-0.2, -0.15) is 0 Å². The average molecular weight is 311 g/mol. The van der Waals surface area contributed by atoms with Crippen molar-refractivity contribution in [2.45, 2.75) is 30.0 Å². The van der Waals surface area contributed by atoms with Crippen molar-refractivity contribution in [3.63, 3.8) is 0 Å². The van der Waals surface area contributed by atoms with E-state index in [4.69, 9.17) is 0 Å². The van der Waals surface area contributed by atoms with Gasteiger partial charge < -0.3 is 9.67 Å². The van der Waals surface area contributed by atoms with Crippen molar-refractivity contribution in [2.24, 2.45) is 7.05 Å². The summed E-state index contributed by atoms with van der Waals surface area (Å²) >= 11 is 1.28. The van der Waals surface area contributed by atoms with Gasteiger partial charge in [-0.15, -0.1) is 10.2 Å². The fourth-order valence-corrected chi connectivity index (χ4v) is 3.03. The number of hydrogen-bond acceptors (Lipinski definition) is 4. The lowest BCUT2D eigenvalue weighted by Crippen LogP contribution is -2.05.